The largest absolute Gasteiger partial charge is 0.494 e. The Kier molecular flexibility index (Phi) is 10.2. The fourth-order valence-corrected chi connectivity index (χ4v) is 7.70. The molecule has 0 aromatic heterocycles. The van der Waals surface area contributed by atoms with Crippen molar-refractivity contribution >= 4 is 23.5 Å². The molecule has 14 heteroatoms. The van der Waals surface area contributed by atoms with Crippen molar-refractivity contribution in [2.24, 2.45) is 11.8 Å². The van der Waals surface area contributed by atoms with E-state index in [0.29, 0.717) is 73.8 Å². The average molecular weight is 758 g/mol. The number of esters is 1. The molecule has 288 valence electrons. The number of benzene rings is 4. The van der Waals surface area contributed by atoms with Crippen LogP contribution in [0.25, 0.3) is 11.6 Å². The van der Waals surface area contributed by atoms with Crippen LogP contribution >= 0.6 is 0 Å². The van der Waals surface area contributed by atoms with Crippen molar-refractivity contribution in [3.8, 4) is 51.7 Å². The summed E-state index contributed by atoms with van der Waals surface area (Å²) in [6.07, 6.45) is 1.61. The van der Waals surface area contributed by atoms with Crippen molar-refractivity contribution in [2.75, 3.05) is 63.2 Å². The number of fused-ring (bicyclic) bond motifs is 3. The Morgan fingerprint density at radius 3 is 1.84 bits per heavy atom. The summed E-state index contributed by atoms with van der Waals surface area (Å²) in [5.74, 6) is -0.180. The van der Waals surface area contributed by atoms with Crippen molar-refractivity contribution in [3.05, 3.63) is 88.2 Å². The van der Waals surface area contributed by atoms with E-state index in [1.807, 2.05) is 24.3 Å². The van der Waals surface area contributed by atoms with Crippen LogP contribution in [0.1, 0.15) is 39.8 Å². The highest BCUT2D eigenvalue weighted by molar-refractivity contribution is 6.24. The number of carbonyl (C=O) groups excluding carboxylic acids is 2. The molecule has 0 spiro atoms. The van der Waals surface area contributed by atoms with Crippen LogP contribution in [-0.4, -0.2) is 75.0 Å². The molecule has 1 amide bonds. The van der Waals surface area contributed by atoms with Crippen LogP contribution in [0.4, 0.5) is 4.39 Å². The highest BCUT2D eigenvalue weighted by Crippen LogP contribution is 2.56. The van der Waals surface area contributed by atoms with Gasteiger partial charge < -0.3 is 52.7 Å². The van der Waals surface area contributed by atoms with Gasteiger partial charge in [-0.05, 0) is 82.4 Å². The van der Waals surface area contributed by atoms with Gasteiger partial charge in [-0.1, -0.05) is 6.07 Å². The molecule has 7 rings (SSSR count). The Hall–Kier alpha value is -6.31. The van der Waals surface area contributed by atoms with Gasteiger partial charge in [0, 0.05) is 17.4 Å². The highest BCUT2D eigenvalue weighted by atomic mass is 19.1. The first-order chi connectivity index (χ1) is 26.7. The van der Waals surface area contributed by atoms with Gasteiger partial charge in [-0.2, -0.15) is 0 Å². The van der Waals surface area contributed by atoms with Gasteiger partial charge in [0.1, 0.15) is 0 Å². The lowest BCUT2D eigenvalue weighted by Crippen LogP contribution is -2.43. The Balaban J connectivity index is 1.39. The third-order valence-corrected chi connectivity index (χ3v) is 10.2. The molecule has 3 aliphatic rings. The summed E-state index contributed by atoms with van der Waals surface area (Å²) in [6.45, 7) is 0.0375. The molecular formula is C41H40FNO12. The normalized spacial score (nSPS) is 19.4. The molecule has 4 atom stereocenters. The fourth-order valence-electron chi connectivity index (χ4n) is 7.70. The van der Waals surface area contributed by atoms with Crippen LogP contribution in [0.3, 0.4) is 0 Å². The van der Waals surface area contributed by atoms with Crippen LogP contribution in [0.2, 0.25) is 0 Å². The smallest absolute Gasteiger partial charge is 0.310 e. The summed E-state index contributed by atoms with van der Waals surface area (Å²) in [5.41, 5.74) is 3.17. The van der Waals surface area contributed by atoms with Crippen molar-refractivity contribution in [3.63, 3.8) is 0 Å². The predicted octanol–water partition coefficient (Wildman–Crippen LogP) is 5.95. The van der Waals surface area contributed by atoms with Gasteiger partial charge in [0.2, 0.25) is 18.3 Å². The third-order valence-electron chi connectivity index (χ3n) is 10.2. The Bertz CT molecular complexity index is 2130. The van der Waals surface area contributed by atoms with E-state index in [4.69, 9.17) is 47.4 Å². The zero-order chi connectivity index (χ0) is 39.0. The predicted molar refractivity (Wildman–Crippen MR) is 196 cm³/mol. The monoisotopic (exact) mass is 757 g/mol. The van der Waals surface area contributed by atoms with E-state index in [-0.39, 0.29) is 24.7 Å². The molecule has 55 heavy (non-hydrogen) atoms. The van der Waals surface area contributed by atoms with E-state index in [0.717, 1.165) is 0 Å². The summed E-state index contributed by atoms with van der Waals surface area (Å²) in [5, 5.41) is 3.23. The molecule has 1 N–H and O–H groups in total. The molecule has 1 saturated heterocycles. The first kappa shape index (κ1) is 37.0. The molecule has 0 saturated carbocycles. The number of halogens is 1. The van der Waals surface area contributed by atoms with Crippen LogP contribution in [-0.2, 0) is 14.3 Å². The highest BCUT2D eigenvalue weighted by Gasteiger charge is 2.53. The lowest BCUT2D eigenvalue weighted by atomic mass is 9.65. The number of amides is 1. The van der Waals surface area contributed by atoms with E-state index in [1.54, 1.807) is 18.2 Å². The second-order valence-corrected chi connectivity index (χ2v) is 12.9. The van der Waals surface area contributed by atoms with E-state index in [2.05, 4.69) is 5.32 Å². The molecule has 4 aromatic rings. The quantitative estimate of drug-likeness (QED) is 0.104. The Labute approximate surface area is 316 Å². The fraction of sp³-hybridized carbons (Fsp3) is 0.317. The van der Waals surface area contributed by atoms with E-state index in [1.165, 1.54) is 68.0 Å². The van der Waals surface area contributed by atoms with Gasteiger partial charge in [0.15, 0.2) is 46.1 Å². The van der Waals surface area contributed by atoms with Gasteiger partial charge in [0.25, 0.3) is 5.91 Å². The summed E-state index contributed by atoms with van der Waals surface area (Å²) in [6, 6.07) is 14.1. The number of nitrogens with one attached hydrogen (secondary N) is 1. The summed E-state index contributed by atoms with van der Waals surface area (Å²) in [7, 11) is 10.3. The number of rotatable bonds is 12. The lowest BCUT2D eigenvalue weighted by Gasteiger charge is -2.39. The first-order valence-electron chi connectivity index (χ1n) is 17.2. The zero-order valence-electron chi connectivity index (χ0n) is 31.3. The summed E-state index contributed by atoms with van der Waals surface area (Å²) < 4.78 is 70.8. The molecule has 0 unspecified atom stereocenters. The van der Waals surface area contributed by atoms with E-state index in [9.17, 15) is 14.0 Å². The van der Waals surface area contributed by atoms with E-state index >= 15 is 0 Å². The maximum absolute atomic E-state index is 14.9. The number of ether oxygens (including phenoxy) is 10. The SMILES string of the molecule is COc1cc(/C=C(/C(=O)N[C@@H]2c3cc4c(cc3[C@@H](c3cc(OC)c(OC)c(OC)c3)[C@H]3C(=O)OC[C@@H]32)OCO4)c2cc(OC)c(OC)c(OC)c2)ccc1F. The second-order valence-electron chi connectivity index (χ2n) is 12.9. The van der Waals surface area contributed by atoms with Gasteiger partial charge in [-0.3, -0.25) is 9.59 Å². The Morgan fingerprint density at radius 1 is 0.709 bits per heavy atom. The topological polar surface area (TPSA) is 138 Å². The standard InChI is InChI=1S/C41H40FNO12/c1-46-28-11-20(8-9-27(28)42)10-23(21-12-31(47-2)38(51-6)32(13-21)48-3)40(44)43-37-25-17-30-29(54-19-55-30)16-24(25)35(36-26(37)18-53-41(36)45)22-14-33(49-4)39(52-7)34(15-22)50-5/h8-17,26,35-37H,18-19H2,1-7H3,(H,43,44)/b23-10+/t26-,35+,36-,37+/m0/s1. The van der Waals surface area contributed by atoms with Crippen LogP contribution < -0.4 is 47.9 Å². The van der Waals surface area contributed by atoms with Crippen LogP contribution in [0.15, 0.2) is 54.6 Å². The molecule has 1 fully saturated rings. The number of cyclic esters (lactones) is 1. The maximum Gasteiger partial charge on any atom is 0.310 e. The molecule has 4 aromatic carbocycles. The number of carbonyl (C=O) groups is 2. The van der Waals surface area contributed by atoms with Crippen molar-refractivity contribution < 1.29 is 61.3 Å². The molecule has 2 aliphatic heterocycles. The van der Waals surface area contributed by atoms with Crippen molar-refractivity contribution in [1.82, 2.24) is 5.32 Å². The van der Waals surface area contributed by atoms with Gasteiger partial charge in [-0.15, -0.1) is 0 Å². The molecule has 13 nitrogen and oxygen atoms in total. The molecule has 1 aliphatic carbocycles. The number of methoxy groups -OCH3 is 7. The van der Waals surface area contributed by atoms with Crippen molar-refractivity contribution in [2.45, 2.75) is 12.0 Å². The van der Waals surface area contributed by atoms with Crippen LogP contribution in [0, 0.1) is 17.7 Å². The van der Waals surface area contributed by atoms with Crippen LogP contribution in [0.5, 0.6) is 51.7 Å². The lowest BCUT2D eigenvalue weighted by molar-refractivity contribution is -0.141. The second kappa shape index (κ2) is 15.2. The molecular weight excluding hydrogens is 717 g/mol. The van der Waals surface area contributed by atoms with Gasteiger partial charge in [0.05, 0.1) is 68.3 Å². The Morgan fingerprint density at radius 2 is 1.27 bits per heavy atom. The molecule has 0 bridgehead atoms. The molecule has 0 radical (unpaired) electrons. The average Bonchev–Trinajstić information content (AvgIpc) is 3.84. The van der Waals surface area contributed by atoms with Gasteiger partial charge in [-0.25, -0.2) is 4.39 Å². The third kappa shape index (κ3) is 6.51. The zero-order valence-corrected chi connectivity index (χ0v) is 31.3. The summed E-state index contributed by atoms with van der Waals surface area (Å²) in [4.78, 5) is 28.7. The molecule has 2 heterocycles. The van der Waals surface area contributed by atoms with Crippen molar-refractivity contribution in [1.29, 1.82) is 0 Å². The van der Waals surface area contributed by atoms with Gasteiger partial charge >= 0.3 is 5.97 Å². The minimum absolute atomic E-state index is 0.00187. The first-order valence-corrected chi connectivity index (χ1v) is 17.2. The maximum atomic E-state index is 14.9. The number of hydrogen-bond acceptors (Lipinski definition) is 12. The minimum Gasteiger partial charge on any atom is -0.494 e. The minimum atomic E-state index is -0.750. The number of hydrogen-bond donors (Lipinski definition) is 1. The summed E-state index contributed by atoms with van der Waals surface area (Å²) >= 11 is 0. The van der Waals surface area contributed by atoms with E-state index < -0.39 is 41.5 Å².